The first-order chi connectivity index (χ1) is 10.3. The second-order valence-corrected chi connectivity index (χ2v) is 6.08. The van der Waals surface area contributed by atoms with Crippen molar-refractivity contribution in [2.45, 2.75) is 19.8 Å². The Hall–Kier alpha value is -1.26. The molecule has 0 radical (unpaired) electrons. The van der Waals surface area contributed by atoms with Gasteiger partial charge in [-0.15, -0.1) is 0 Å². The summed E-state index contributed by atoms with van der Waals surface area (Å²) in [4.78, 5) is 4.93. The standard InChI is InChI=1S/C17H27N3O/c1-15-14-16(20-10-6-18-7-11-20)4-5-17(15)21-13-12-19-8-2-3-9-19/h4-5,14,18H,2-3,6-13H2,1H3. The summed E-state index contributed by atoms with van der Waals surface area (Å²) in [6.07, 6.45) is 2.69. The van der Waals surface area contributed by atoms with Gasteiger partial charge in [0.25, 0.3) is 0 Å². The minimum absolute atomic E-state index is 0.799. The van der Waals surface area contributed by atoms with E-state index in [1.807, 2.05) is 0 Å². The summed E-state index contributed by atoms with van der Waals surface area (Å²) in [5.41, 5.74) is 2.56. The van der Waals surface area contributed by atoms with Crippen molar-refractivity contribution in [3.05, 3.63) is 23.8 Å². The number of anilines is 1. The van der Waals surface area contributed by atoms with E-state index in [0.717, 1.165) is 45.1 Å². The molecule has 21 heavy (non-hydrogen) atoms. The maximum atomic E-state index is 5.97. The zero-order valence-corrected chi connectivity index (χ0v) is 13.1. The van der Waals surface area contributed by atoms with Crippen LogP contribution in [-0.2, 0) is 0 Å². The van der Waals surface area contributed by atoms with E-state index in [4.69, 9.17) is 4.74 Å². The number of benzene rings is 1. The molecule has 2 saturated heterocycles. The highest BCUT2D eigenvalue weighted by Crippen LogP contribution is 2.24. The molecule has 2 aliphatic rings. The zero-order valence-electron chi connectivity index (χ0n) is 13.1. The predicted molar refractivity (Wildman–Crippen MR) is 87.4 cm³/mol. The number of hydrogen-bond acceptors (Lipinski definition) is 4. The fraction of sp³-hybridized carbons (Fsp3) is 0.647. The molecule has 1 aromatic rings. The summed E-state index contributed by atoms with van der Waals surface area (Å²) in [6, 6.07) is 6.59. The number of hydrogen-bond donors (Lipinski definition) is 1. The summed E-state index contributed by atoms with van der Waals surface area (Å²) in [6.45, 7) is 10.8. The zero-order chi connectivity index (χ0) is 14.5. The third-order valence-corrected chi connectivity index (χ3v) is 4.50. The summed E-state index contributed by atoms with van der Waals surface area (Å²) >= 11 is 0. The van der Waals surface area contributed by atoms with Crippen LogP contribution in [0.25, 0.3) is 0 Å². The second kappa shape index (κ2) is 7.14. The van der Waals surface area contributed by atoms with Crippen molar-refractivity contribution in [3.63, 3.8) is 0 Å². The van der Waals surface area contributed by atoms with Crippen LogP contribution >= 0.6 is 0 Å². The summed E-state index contributed by atoms with van der Waals surface area (Å²) in [5, 5.41) is 3.39. The van der Waals surface area contributed by atoms with Crippen LogP contribution in [0.15, 0.2) is 18.2 Å². The van der Waals surface area contributed by atoms with E-state index in [2.05, 4.69) is 40.2 Å². The van der Waals surface area contributed by atoms with Gasteiger partial charge in [0.2, 0.25) is 0 Å². The number of nitrogens with one attached hydrogen (secondary N) is 1. The molecule has 0 bridgehead atoms. The van der Waals surface area contributed by atoms with Gasteiger partial charge in [-0.25, -0.2) is 0 Å². The van der Waals surface area contributed by atoms with Gasteiger partial charge in [-0.2, -0.15) is 0 Å². The van der Waals surface area contributed by atoms with Gasteiger partial charge in [-0.05, 0) is 56.6 Å². The first-order valence-corrected chi connectivity index (χ1v) is 8.24. The average molecular weight is 289 g/mol. The fourth-order valence-corrected chi connectivity index (χ4v) is 3.21. The molecule has 1 aromatic carbocycles. The van der Waals surface area contributed by atoms with Crippen LogP contribution in [0.3, 0.4) is 0 Å². The van der Waals surface area contributed by atoms with Gasteiger partial charge >= 0.3 is 0 Å². The largest absolute Gasteiger partial charge is 0.492 e. The molecule has 2 heterocycles. The minimum Gasteiger partial charge on any atom is -0.492 e. The molecule has 0 aromatic heterocycles. The van der Waals surface area contributed by atoms with Crippen molar-refractivity contribution in [2.75, 3.05) is 57.3 Å². The minimum atomic E-state index is 0.799. The molecule has 0 spiro atoms. The second-order valence-electron chi connectivity index (χ2n) is 6.08. The number of aryl methyl sites for hydroxylation is 1. The SMILES string of the molecule is Cc1cc(N2CCNCC2)ccc1OCCN1CCCC1. The highest BCUT2D eigenvalue weighted by molar-refractivity contribution is 5.53. The van der Waals surface area contributed by atoms with Crippen molar-refractivity contribution >= 4 is 5.69 Å². The van der Waals surface area contributed by atoms with Crippen LogP contribution in [0, 0.1) is 6.92 Å². The first kappa shape index (κ1) is 14.7. The van der Waals surface area contributed by atoms with Crippen molar-refractivity contribution in [3.8, 4) is 5.75 Å². The van der Waals surface area contributed by atoms with Gasteiger partial charge in [0.15, 0.2) is 0 Å². The van der Waals surface area contributed by atoms with Crippen LogP contribution < -0.4 is 15.0 Å². The molecular weight excluding hydrogens is 262 g/mol. The lowest BCUT2D eigenvalue weighted by atomic mass is 10.1. The quantitative estimate of drug-likeness (QED) is 0.896. The Morgan fingerprint density at radius 2 is 1.86 bits per heavy atom. The van der Waals surface area contributed by atoms with Crippen LogP contribution in [0.5, 0.6) is 5.75 Å². The number of piperazine rings is 1. The highest BCUT2D eigenvalue weighted by atomic mass is 16.5. The van der Waals surface area contributed by atoms with Crippen LogP contribution in [0.2, 0.25) is 0 Å². The molecule has 0 atom stereocenters. The number of ether oxygens (including phenoxy) is 1. The molecule has 0 saturated carbocycles. The van der Waals surface area contributed by atoms with Crippen LogP contribution in [0.1, 0.15) is 18.4 Å². The molecule has 4 heteroatoms. The van der Waals surface area contributed by atoms with E-state index in [1.54, 1.807) is 0 Å². The van der Waals surface area contributed by atoms with Crippen LogP contribution in [0.4, 0.5) is 5.69 Å². The third-order valence-electron chi connectivity index (χ3n) is 4.50. The fourth-order valence-electron chi connectivity index (χ4n) is 3.21. The van der Waals surface area contributed by atoms with Crippen molar-refractivity contribution in [1.29, 1.82) is 0 Å². The van der Waals surface area contributed by atoms with Gasteiger partial charge in [0, 0.05) is 38.4 Å². The van der Waals surface area contributed by atoms with Crippen molar-refractivity contribution in [1.82, 2.24) is 10.2 Å². The molecule has 3 rings (SSSR count). The molecule has 4 nitrogen and oxygen atoms in total. The molecule has 0 unspecified atom stereocenters. The van der Waals surface area contributed by atoms with Gasteiger partial charge < -0.3 is 15.0 Å². The Balaban J connectivity index is 1.53. The third kappa shape index (κ3) is 3.89. The highest BCUT2D eigenvalue weighted by Gasteiger charge is 2.13. The lowest BCUT2D eigenvalue weighted by Crippen LogP contribution is -2.43. The Bertz CT molecular complexity index is 451. The normalized spacial score (nSPS) is 20.0. The molecule has 116 valence electrons. The molecule has 2 fully saturated rings. The van der Waals surface area contributed by atoms with Crippen molar-refractivity contribution < 1.29 is 4.74 Å². The Labute approximate surface area is 128 Å². The maximum Gasteiger partial charge on any atom is 0.122 e. The van der Waals surface area contributed by atoms with Gasteiger partial charge in [0.1, 0.15) is 12.4 Å². The van der Waals surface area contributed by atoms with Gasteiger partial charge in [-0.1, -0.05) is 0 Å². The molecule has 0 aliphatic carbocycles. The van der Waals surface area contributed by atoms with E-state index >= 15 is 0 Å². The molecule has 0 amide bonds. The average Bonchev–Trinajstić information content (AvgIpc) is 3.03. The van der Waals surface area contributed by atoms with Crippen molar-refractivity contribution in [2.24, 2.45) is 0 Å². The molecule has 1 N–H and O–H groups in total. The summed E-state index contributed by atoms with van der Waals surface area (Å²) < 4.78 is 5.97. The monoisotopic (exact) mass is 289 g/mol. The Morgan fingerprint density at radius 1 is 1.10 bits per heavy atom. The lowest BCUT2D eigenvalue weighted by molar-refractivity contribution is 0.237. The van der Waals surface area contributed by atoms with E-state index in [-0.39, 0.29) is 0 Å². The Morgan fingerprint density at radius 3 is 2.57 bits per heavy atom. The van der Waals surface area contributed by atoms with E-state index in [0.29, 0.717) is 0 Å². The van der Waals surface area contributed by atoms with E-state index in [9.17, 15) is 0 Å². The smallest absolute Gasteiger partial charge is 0.122 e. The first-order valence-electron chi connectivity index (χ1n) is 8.24. The number of rotatable bonds is 5. The van der Waals surface area contributed by atoms with Gasteiger partial charge in [-0.3, -0.25) is 4.90 Å². The van der Waals surface area contributed by atoms with Crippen LogP contribution in [-0.4, -0.2) is 57.3 Å². The number of nitrogens with zero attached hydrogens (tertiary/aromatic N) is 2. The summed E-state index contributed by atoms with van der Waals surface area (Å²) in [5.74, 6) is 1.04. The summed E-state index contributed by atoms with van der Waals surface area (Å²) in [7, 11) is 0. The lowest BCUT2D eigenvalue weighted by Gasteiger charge is -2.30. The Kier molecular flexibility index (Phi) is 4.99. The predicted octanol–water partition coefficient (Wildman–Crippen LogP) is 1.88. The molecule has 2 aliphatic heterocycles. The topological polar surface area (TPSA) is 27.7 Å². The van der Waals surface area contributed by atoms with E-state index in [1.165, 1.54) is 37.2 Å². The number of likely N-dealkylation sites (tertiary alicyclic amines) is 1. The van der Waals surface area contributed by atoms with E-state index < -0.39 is 0 Å². The maximum absolute atomic E-state index is 5.97. The van der Waals surface area contributed by atoms with Gasteiger partial charge in [0.05, 0.1) is 0 Å². The molecular formula is C17H27N3O.